The van der Waals surface area contributed by atoms with Crippen LogP contribution in [0.2, 0.25) is 0 Å². The lowest BCUT2D eigenvalue weighted by molar-refractivity contribution is -0.137. The van der Waals surface area contributed by atoms with Gasteiger partial charge in [0.2, 0.25) is 0 Å². The molecule has 2 rings (SSSR count). The first-order chi connectivity index (χ1) is 12.7. The molecular formula is C20H26FNO5. The van der Waals surface area contributed by atoms with Crippen molar-refractivity contribution in [3.63, 3.8) is 0 Å². The van der Waals surface area contributed by atoms with Crippen molar-refractivity contribution in [3.8, 4) is 5.75 Å². The van der Waals surface area contributed by atoms with E-state index in [1.807, 2.05) is 0 Å². The summed E-state index contributed by atoms with van der Waals surface area (Å²) in [4.78, 5) is 25.7. The average Bonchev–Trinajstić information content (AvgIpc) is 2.97. The van der Waals surface area contributed by atoms with Crippen LogP contribution >= 0.6 is 0 Å². The number of likely N-dealkylation sites (tertiary alicyclic amines) is 1. The number of carbonyl (C=O) groups is 2. The van der Waals surface area contributed by atoms with E-state index in [1.165, 1.54) is 35.2 Å². The number of halogens is 1. The summed E-state index contributed by atoms with van der Waals surface area (Å²) in [7, 11) is 0. The SMILES string of the molecule is CCOC(=O)/C=C/[C@@H]1C[C@H](Oc2ccc(F)cc2)CN1C(=O)OC(C)(C)C. The van der Waals surface area contributed by atoms with Gasteiger partial charge in [-0.1, -0.05) is 6.08 Å². The molecule has 7 heteroatoms. The minimum Gasteiger partial charge on any atom is -0.488 e. The summed E-state index contributed by atoms with van der Waals surface area (Å²) in [5, 5.41) is 0. The molecule has 27 heavy (non-hydrogen) atoms. The van der Waals surface area contributed by atoms with Crippen LogP contribution in [0.1, 0.15) is 34.1 Å². The van der Waals surface area contributed by atoms with Crippen molar-refractivity contribution < 1.29 is 28.2 Å². The number of nitrogens with zero attached hydrogens (tertiary/aromatic N) is 1. The summed E-state index contributed by atoms with van der Waals surface area (Å²) >= 11 is 0. The minimum absolute atomic E-state index is 0.278. The molecule has 0 N–H and O–H groups in total. The van der Waals surface area contributed by atoms with Gasteiger partial charge in [0.05, 0.1) is 19.2 Å². The highest BCUT2D eigenvalue weighted by atomic mass is 19.1. The number of benzene rings is 1. The van der Waals surface area contributed by atoms with Crippen LogP contribution in [0.4, 0.5) is 9.18 Å². The summed E-state index contributed by atoms with van der Waals surface area (Å²) in [5.41, 5.74) is -0.637. The molecule has 1 aromatic rings. The summed E-state index contributed by atoms with van der Waals surface area (Å²) in [5.74, 6) is -0.301. The third-order valence-electron chi connectivity index (χ3n) is 3.79. The molecule has 1 amide bonds. The maximum atomic E-state index is 13.0. The Morgan fingerprint density at radius 3 is 2.52 bits per heavy atom. The Morgan fingerprint density at radius 1 is 1.26 bits per heavy atom. The number of rotatable bonds is 5. The van der Waals surface area contributed by atoms with E-state index in [2.05, 4.69) is 0 Å². The third-order valence-corrected chi connectivity index (χ3v) is 3.79. The first-order valence-electron chi connectivity index (χ1n) is 8.94. The van der Waals surface area contributed by atoms with Crippen molar-refractivity contribution in [1.82, 2.24) is 4.90 Å². The summed E-state index contributed by atoms with van der Waals surface area (Å²) in [6.07, 6.45) is 2.62. The first-order valence-corrected chi connectivity index (χ1v) is 8.94. The van der Waals surface area contributed by atoms with Crippen molar-refractivity contribution in [2.24, 2.45) is 0 Å². The second kappa shape index (κ2) is 8.88. The molecule has 0 unspecified atom stereocenters. The molecule has 0 bridgehead atoms. The van der Waals surface area contributed by atoms with Gasteiger partial charge in [-0.25, -0.2) is 14.0 Å². The third kappa shape index (κ3) is 6.58. The fourth-order valence-electron chi connectivity index (χ4n) is 2.71. The number of carbonyl (C=O) groups excluding carboxylic acids is 2. The molecule has 1 heterocycles. The number of hydrogen-bond donors (Lipinski definition) is 0. The van der Waals surface area contributed by atoms with E-state index < -0.39 is 17.7 Å². The van der Waals surface area contributed by atoms with Gasteiger partial charge < -0.3 is 14.2 Å². The molecule has 2 atom stereocenters. The van der Waals surface area contributed by atoms with E-state index in [9.17, 15) is 14.0 Å². The van der Waals surface area contributed by atoms with Crippen LogP contribution in [-0.2, 0) is 14.3 Å². The second-order valence-corrected chi connectivity index (χ2v) is 7.24. The van der Waals surface area contributed by atoms with Crippen LogP contribution in [-0.4, -0.2) is 47.9 Å². The van der Waals surface area contributed by atoms with Gasteiger partial charge in [-0.2, -0.15) is 0 Å². The maximum absolute atomic E-state index is 13.0. The molecule has 0 aromatic heterocycles. The lowest BCUT2D eigenvalue weighted by Gasteiger charge is -2.27. The van der Waals surface area contributed by atoms with Gasteiger partial charge in [0.25, 0.3) is 0 Å². The van der Waals surface area contributed by atoms with E-state index in [1.54, 1.807) is 33.8 Å². The van der Waals surface area contributed by atoms with Gasteiger partial charge in [0.1, 0.15) is 23.3 Å². The summed E-state index contributed by atoms with van der Waals surface area (Å²) in [6.45, 7) is 7.66. The normalized spacial score (nSPS) is 20.0. The van der Waals surface area contributed by atoms with E-state index in [4.69, 9.17) is 14.2 Å². The zero-order valence-corrected chi connectivity index (χ0v) is 16.1. The Balaban J connectivity index is 2.10. The molecule has 148 valence electrons. The van der Waals surface area contributed by atoms with Crippen LogP contribution in [0.5, 0.6) is 5.75 Å². The van der Waals surface area contributed by atoms with Crippen LogP contribution in [0.3, 0.4) is 0 Å². The molecule has 1 aliphatic heterocycles. The lowest BCUT2D eigenvalue weighted by Crippen LogP contribution is -2.39. The summed E-state index contributed by atoms with van der Waals surface area (Å²) in [6, 6.07) is 5.33. The van der Waals surface area contributed by atoms with Crippen molar-refractivity contribution >= 4 is 12.1 Å². The van der Waals surface area contributed by atoms with E-state index in [0.29, 0.717) is 18.7 Å². The quantitative estimate of drug-likeness (QED) is 0.576. The highest BCUT2D eigenvalue weighted by Crippen LogP contribution is 2.26. The molecule has 1 saturated heterocycles. The molecular weight excluding hydrogens is 353 g/mol. The first kappa shape index (κ1) is 20.7. The van der Waals surface area contributed by atoms with Crippen molar-refractivity contribution in [2.45, 2.75) is 51.9 Å². The molecule has 6 nitrogen and oxygen atoms in total. The van der Waals surface area contributed by atoms with Crippen molar-refractivity contribution in [3.05, 3.63) is 42.2 Å². The van der Waals surface area contributed by atoms with Gasteiger partial charge >= 0.3 is 12.1 Å². The fraction of sp³-hybridized carbons (Fsp3) is 0.500. The van der Waals surface area contributed by atoms with E-state index >= 15 is 0 Å². The second-order valence-electron chi connectivity index (χ2n) is 7.24. The Hall–Kier alpha value is -2.57. The monoisotopic (exact) mass is 379 g/mol. The Labute approximate surface area is 158 Å². The maximum Gasteiger partial charge on any atom is 0.410 e. The van der Waals surface area contributed by atoms with Crippen LogP contribution in [0.15, 0.2) is 36.4 Å². The van der Waals surface area contributed by atoms with Crippen molar-refractivity contribution in [2.75, 3.05) is 13.2 Å². The van der Waals surface area contributed by atoms with Gasteiger partial charge in [-0.05, 0) is 52.0 Å². The number of ether oxygens (including phenoxy) is 3. The summed E-state index contributed by atoms with van der Waals surface area (Å²) < 4.78 is 29.2. The largest absolute Gasteiger partial charge is 0.488 e. The Morgan fingerprint density at radius 2 is 1.93 bits per heavy atom. The van der Waals surface area contributed by atoms with Gasteiger partial charge in [0, 0.05) is 12.5 Å². The number of hydrogen-bond acceptors (Lipinski definition) is 5. The molecule has 1 aliphatic rings. The highest BCUT2D eigenvalue weighted by molar-refractivity contribution is 5.82. The lowest BCUT2D eigenvalue weighted by atomic mass is 10.2. The fourth-order valence-corrected chi connectivity index (χ4v) is 2.71. The van der Waals surface area contributed by atoms with Crippen LogP contribution < -0.4 is 4.74 Å². The molecule has 1 aromatic carbocycles. The molecule has 0 saturated carbocycles. The Kier molecular flexibility index (Phi) is 6.82. The average molecular weight is 379 g/mol. The molecule has 0 aliphatic carbocycles. The zero-order chi connectivity index (χ0) is 20.0. The van der Waals surface area contributed by atoms with Gasteiger partial charge in [-0.3, -0.25) is 4.90 Å². The van der Waals surface area contributed by atoms with Crippen molar-refractivity contribution in [1.29, 1.82) is 0 Å². The predicted molar refractivity (Wildman–Crippen MR) is 97.9 cm³/mol. The van der Waals surface area contributed by atoms with Gasteiger partial charge in [-0.15, -0.1) is 0 Å². The number of amides is 1. The molecule has 0 spiro atoms. The number of esters is 1. The van der Waals surface area contributed by atoms with E-state index in [0.717, 1.165) is 0 Å². The van der Waals surface area contributed by atoms with Crippen LogP contribution in [0, 0.1) is 5.82 Å². The van der Waals surface area contributed by atoms with Crippen LogP contribution in [0.25, 0.3) is 0 Å². The minimum atomic E-state index is -0.637. The zero-order valence-electron chi connectivity index (χ0n) is 16.1. The van der Waals surface area contributed by atoms with E-state index in [-0.39, 0.29) is 24.6 Å². The molecule has 1 fully saturated rings. The standard InChI is InChI=1S/C20H26FNO5/c1-5-25-18(23)11-8-15-12-17(26-16-9-6-14(21)7-10-16)13-22(15)19(24)27-20(2,3)4/h6-11,15,17H,5,12-13H2,1-4H3/b11-8+/t15-,17+/m1/s1. The highest BCUT2D eigenvalue weighted by Gasteiger charge is 2.37. The van der Waals surface area contributed by atoms with Gasteiger partial charge in [0.15, 0.2) is 0 Å². The Bertz CT molecular complexity index is 681. The molecule has 0 radical (unpaired) electrons. The topological polar surface area (TPSA) is 65.1 Å². The smallest absolute Gasteiger partial charge is 0.410 e. The predicted octanol–water partition coefficient (Wildman–Crippen LogP) is 3.70.